The van der Waals surface area contributed by atoms with Gasteiger partial charge in [0.05, 0.1) is 18.2 Å². The molecule has 1 amide bonds. The highest BCUT2D eigenvalue weighted by Crippen LogP contribution is 2.18. The SMILES string of the molecule is CC1CCOCC1NN(C(=O)O)C(C)(C)C. The number of nitrogens with one attached hydrogen (secondary N) is 1. The number of carbonyl (C=O) groups is 1. The smallest absolute Gasteiger partial charge is 0.422 e. The van der Waals surface area contributed by atoms with Crippen LogP contribution in [0, 0.1) is 5.92 Å². The number of carboxylic acid groups (broad SMARTS) is 1. The monoisotopic (exact) mass is 230 g/mol. The molecule has 0 aromatic heterocycles. The second kappa shape index (κ2) is 5.01. The average molecular weight is 230 g/mol. The van der Waals surface area contributed by atoms with Crippen molar-refractivity contribution < 1.29 is 14.6 Å². The Hall–Kier alpha value is -0.810. The maximum atomic E-state index is 11.1. The molecule has 0 spiro atoms. The standard InChI is InChI=1S/C11H22N2O3/c1-8-5-6-16-7-9(8)12-13(10(14)15)11(2,3)4/h8-9,12H,5-7H2,1-4H3,(H,14,15). The number of amides is 1. The largest absolute Gasteiger partial charge is 0.464 e. The van der Waals surface area contributed by atoms with E-state index in [0.29, 0.717) is 12.5 Å². The van der Waals surface area contributed by atoms with Gasteiger partial charge in [0.15, 0.2) is 0 Å². The van der Waals surface area contributed by atoms with Crippen molar-refractivity contribution in [2.75, 3.05) is 13.2 Å². The Morgan fingerprint density at radius 1 is 1.50 bits per heavy atom. The van der Waals surface area contributed by atoms with Gasteiger partial charge < -0.3 is 9.84 Å². The number of rotatable bonds is 2. The van der Waals surface area contributed by atoms with Crippen LogP contribution in [0.3, 0.4) is 0 Å². The van der Waals surface area contributed by atoms with Gasteiger partial charge in [-0.1, -0.05) is 6.92 Å². The van der Waals surface area contributed by atoms with Crippen molar-refractivity contribution >= 4 is 6.09 Å². The first kappa shape index (κ1) is 13.3. The molecule has 0 aromatic carbocycles. The lowest BCUT2D eigenvalue weighted by Crippen LogP contribution is -2.59. The van der Waals surface area contributed by atoms with Crippen LogP contribution in [0.15, 0.2) is 0 Å². The molecule has 16 heavy (non-hydrogen) atoms. The summed E-state index contributed by atoms with van der Waals surface area (Å²) in [6.07, 6.45) is 0.0141. The van der Waals surface area contributed by atoms with E-state index in [1.165, 1.54) is 5.01 Å². The Bertz CT molecular complexity index is 250. The molecule has 5 heteroatoms. The Kier molecular flexibility index (Phi) is 4.15. The Balaban J connectivity index is 2.64. The van der Waals surface area contributed by atoms with Gasteiger partial charge in [0.1, 0.15) is 0 Å². The number of hydrogen-bond donors (Lipinski definition) is 2. The molecule has 1 rings (SSSR count). The van der Waals surface area contributed by atoms with E-state index >= 15 is 0 Å². The van der Waals surface area contributed by atoms with Crippen LogP contribution < -0.4 is 5.43 Å². The van der Waals surface area contributed by atoms with Gasteiger partial charge in [0.25, 0.3) is 0 Å². The lowest BCUT2D eigenvalue weighted by atomic mass is 9.97. The van der Waals surface area contributed by atoms with E-state index in [-0.39, 0.29) is 6.04 Å². The van der Waals surface area contributed by atoms with Gasteiger partial charge in [-0.05, 0) is 33.1 Å². The topological polar surface area (TPSA) is 61.8 Å². The van der Waals surface area contributed by atoms with Crippen LogP contribution in [0.5, 0.6) is 0 Å². The molecule has 1 heterocycles. The molecule has 0 aliphatic carbocycles. The number of hydrogen-bond acceptors (Lipinski definition) is 3. The minimum Gasteiger partial charge on any atom is -0.464 e. The van der Waals surface area contributed by atoms with E-state index in [9.17, 15) is 4.79 Å². The Morgan fingerprint density at radius 2 is 2.12 bits per heavy atom. The normalized spacial score (nSPS) is 26.5. The van der Waals surface area contributed by atoms with Crippen LogP contribution in [-0.4, -0.2) is 41.0 Å². The molecular formula is C11H22N2O3. The van der Waals surface area contributed by atoms with Crippen molar-refractivity contribution in [2.45, 2.75) is 45.7 Å². The van der Waals surface area contributed by atoms with E-state index in [4.69, 9.17) is 9.84 Å². The zero-order valence-corrected chi connectivity index (χ0v) is 10.5. The molecule has 1 saturated heterocycles. The average Bonchev–Trinajstić information content (AvgIpc) is 2.14. The molecule has 0 aromatic rings. The van der Waals surface area contributed by atoms with Gasteiger partial charge >= 0.3 is 6.09 Å². The van der Waals surface area contributed by atoms with Gasteiger partial charge in [0.2, 0.25) is 0 Å². The molecule has 2 atom stereocenters. The summed E-state index contributed by atoms with van der Waals surface area (Å²) >= 11 is 0. The number of ether oxygens (including phenoxy) is 1. The van der Waals surface area contributed by atoms with Crippen molar-refractivity contribution in [1.82, 2.24) is 10.4 Å². The fourth-order valence-electron chi connectivity index (χ4n) is 1.71. The van der Waals surface area contributed by atoms with Gasteiger partial charge in [-0.3, -0.25) is 0 Å². The summed E-state index contributed by atoms with van der Waals surface area (Å²) < 4.78 is 5.36. The lowest BCUT2D eigenvalue weighted by Gasteiger charge is -2.39. The summed E-state index contributed by atoms with van der Waals surface area (Å²) in [4.78, 5) is 11.1. The van der Waals surface area contributed by atoms with E-state index in [0.717, 1.165) is 13.0 Å². The fraction of sp³-hybridized carbons (Fsp3) is 0.909. The minimum atomic E-state index is -0.953. The minimum absolute atomic E-state index is 0.0732. The third-order valence-corrected chi connectivity index (χ3v) is 2.86. The van der Waals surface area contributed by atoms with Crippen molar-refractivity contribution in [3.8, 4) is 0 Å². The molecular weight excluding hydrogens is 208 g/mol. The number of hydrazine groups is 1. The summed E-state index contributed by atoms with van der Waals surface area (Å²) in [5.41, 5.74) is 2.60. The Morgan fingerprint density at radius 3 is 2.56 bits per heavy atom. The molecule has 1 fully saturated rings. The van der Waals surface area contributed by atoms with Crippen molar-refractivity contribution in [1.29, 1.82) is 0 Å². The Labute approximate surface area is 96.7 Å². The first-order valence-corrected chi connectivity index (χ1v) is 5.69. The molecule has 5 nitrogen and oxygen atoms in total. The zero-order chi connectivity index (χ0) is 12.3. The molecule has 1 aliphatic rings. The lowest BCUT2D eigenvalue weighted by molar-refractivity contribution is -0.0133. The third-order valence-electron chi connectivity index (χ3n) is 2.86. The van der Waals surface area contributed by atoms with E-state index in [1.54, 1.807) is 0 Å². The van der Waals surface area contributed by atoms with Gasteiger partial charge in [-0.15, -0.1) is 0 Å². The maximum absolute atomic E-state index is 11.1. The highest BCUT2D eigenvalue weighted by molar-refractivity contribution is 5.65. The highest BCUT2D eigenvalue weighted by atomic mass is 16.5. The zero-order valence-electron chi connectivity index (χ0n) is 10.5. The summed E-state index contributed by atoms with van der Waals surface area (Å²) in [5, 5.41) is 10.4. The van der Waals surface area contributed by atoms with E-state index < -0.39 is 11.6 Å². The first-order chi connectivity index (χ1) is 7.32. The predicted molar refractivity (Wildman–Crippen MR) is 61.1 cm³/mol. The molecule has 0 radical (unpaired) electrons. The molecule has 2 unspecified atom stereocenters. The van der Waals surface area contributed by atoms with Crippen molar-refractivity contribution in [3.05, 3.63) is 0 Å². The second-order valence-corrected chi connectivity index (χ2v) is 5.37. The van der Waals surface area contributed by atoms with Gasteiger partial charge in [0, 0.05) is 6.61 Å². The molecule has 1 aliphatic heterocycles. The summed E-state index contributed by atoms with van der Waals surface area (Å²) in [5.74, 6) is 0.429. The quantitative estimate of drug-likeness (QED) is 0.709. The van der Waals surface area contributed by atoms with Crippen LogP contribution in [0.25, 0.3) is 0 Å². The van der Waals surface area contributed by atoms with Crippen LogP contribution in [0.4, 0.5) is 4.79 Å². The van der Waals surface area contributed by atoms with Crippen LogP contribution >= 0.6 is 0 Å². The number of nitrogens with zero attached hydrogens (tertiary/aromatic N) is 1. The second-order valence-electron chi connectivity index (χ2n) is 5.37. The van der Waals surface area contributed by atoms with E-state index in [2.05, 4.69) is 12.3 Å². The maximum Gasteiger partial charge on any atom is 0.422 e. The highest BCUT2D eigenvalue weighted by Gasteiger charge is 2.31. The molecule has 94 valence electrons. The molecule has 2 N–H and O–H groups in total. The van der Waals surface area contributed by atoms with Crippen LogP contribution in [0.2, 0.25) is 0 Å². The molecule has 0 bridgehead atoms. The van der Waals surface area contributed by atoms with E-state index in [1.807, 2.05) is 20.8 Å². The summed E-state index contributed by atoms with van der Waals surface area (Å²) in [7, 11) is 0. The van der Waals surface area contributed by atoms with Crippen LogP contribution in [0.1, 0.15) is 34.1 Å². The third kappa shape index (κ3) is 3.35. The fourth-order valence-corrected chi connectivity index (χ4v) is 1.71. The summed E-state index contributed by atoms with van der Waals surface area (Å²) in [6, 6.07) is 0.0732. The molecule has 0 saturated carbocycles. The van der Waals surface area contributed by atoms with Crippen molar-refractivity contribution in [3.63, 3.8) is 0 Å². The van der Waals surface area contributed by atoms with Gasteiger partial charge in [-0.2, -0.15) is 0 Å². The van der Waals surface area contributed by atoms with Crippen molar-refractivity contribution in [2.24, 2.45) is 5.92 Å². The summed E-state index contributed by atoms with van der Waals surface area (Å²) in [6.45, 7) is 9.04. The van der Waals surface area contributed by atoms with Crippen LogP contribution in [-0.2, 0) is 4.74 Å². The predicted octanol–water partition coefficient (Wildman–Crippen LogP) is 1.69. The van der Waals surface area contributed by atoms with Gasteiger partial charge in [-0.25, -0.2) is 15.2 Å². The first-order valence-electron chi connectivity index (χ1n) is 5.69.